The van der Waals surface area contributed by atoms with Gasteiger partial charge in [-0.1, -0.05) is 0 Å². The summed E-state index contributed by atoms with van der Waals surface area (Å²) < 4.78 is 12.7. The molecule has 0 spiro atoms. The molecule has 2 aromatic heterocycles. The summed E-state index contributed by atoms with van der Waals surface area (Å²) in [6, 6.07) is 12.7. The maximum absolute atomic E-state index is 12.5. The molecule has 1 amide bonds. The number of nitrogens with one attached hydrogen (secondary N) is 2. The minimum Gasteiger partial charge on any atom is -0.497 e. The van der Waals surface area contributed by atoms with Crippen molar-refractivity contribution in [1.29, 1.82) is 0 Å². The first-order chi connectivity index (χ1) is 14.2. The minimum absolute atomic E-state index is 0. The van der Waals surface area contributed by atoms with Gasteiger partial charge in [-0.2, -0.15) is 5.10 Å². The number of methoxy groups -OCH3 is 1. The van der Waals surface area contributed by atoms with E-state index in [0.29, 0.717) is 29.1 Å². The molecule has 0 bridgehead atoms. The normalized spacial score (nSPS) is 15.7. The lowest BCUT2D eigenvalue weighted by Gasteiger charge is -2.22. The third-order valence-electron chi connectivity index (χ3n) is 4.76. The fourth-order valence-corrected chi connectivity index (χ4v) is 3.20. The van der Waals surface area contributed by atoms with Gasteiger partial charge in [0, 0.05) is 18.8 Å². The maximum atomic E-state index is 12.5. The molecule has 30 heavy (non-hydrogen) atoms. The Hall–Kier alpha value is -3.10. The first-order valence-corrected chi connectivity index (χ1v) is 9.56. The molecule has 3 heterocycles. The topological polar surface area (TPSA) is 90.3 Å². The van der Waals surface area contributed by atoms with Gasteiger partial charge in [-0.3, -0.25) is 9.48 Å². The van der Waals surface area contributed by atoms with E-state index >= 15 is 0 Å². The summed E-state index contributed by atoms with van der Waals surface area (Å²) in [5.41, 5.74) is 0.958. The van der Waals surface area contributed by atoms with Crippen LogP contribution in [0, 0.1) is 0 Å². The highest BCUT2D eigenvalue weighted by Crippen LogP contribution is 2.23. The van der Waals surface area contributed by atoms with Gasteiger partial charge in [0.15, 0.2) is 5.69 Å². The Kier molecular flexibility index (Phi) is 7.26. The number of aromatic nitrogens is 3. The number of halogens is 1. The summed E-state index contributed by atoms with van der Waals surface area (Å²) in [5.74, 6) is 1.57. The molecule has 158 valence electrons. The van der Waals surface area contributed by atoms with Crippen molar-refractivity contribution in [2.24, 2.45) is 0 Å². The van der Waals surface area contributed by atoms with E-state index in [1.807, 2.05) is 23.0 Å². The zero-order chi connectivity index (χ0) is 20.1. The van der Waals surface area contributed by atoms with Gasteiger partial charge >= 0.3 is 0 Å². The molecule has 1 atom stereocenters. The second-order valence-electron chi connectivity index (χ2n) is 6.80. The first-order valence-electron chi connectivity index (χ1n) is 9.56. The van der Waals surface area contributed by atoms with E-state index in [2.05, 4.69) is 20.7 Å². The Bertz CT molecular complexity index is 954. The number of hydrogen-bond donors (Lipinski definition) is 2. The summed E-state index contributed by atoms with van der Waals surface area (Å²) in [6.07, 6.45) is 5.59. The highest BCUT2D eigenvalue weighted by atomic mass is 35.5. The molecule has 8 nitrogen and oxygen atoms in total. The van der Waals surface area contributed by atoms with E-state index in [1.165, 1.54) is 0 Å². The number of piperidine rings is 1. The molecule has 1 aliphatic heterocycles. The number of benzene rings is 1. The van der Waals surface area contributed by atoms with Crippen LogP contribution < -0.4 is 20.1 Å². The molecule has 0 aliphatic carbocycles. The molecule has 1 aromatic carbocycles. The Morgan fingerprint density at radius 2 is 1.97 bits per heavy atom. The Morgan fingerprint density at radius 3 is 2.63 bits per heavy atom. The summed E-state index contributed by atoms with van der Waals surface area (Å²) in [6.45, 7) is 1.92. The zero-order valence-corrected chi connectivity index (χ0v) is 17.4. The van der Waals surface area contributed by atoms with Crippen LogP contribution in [0.2, 0.25) is 0 Å². The van der Waals surface area contributed by atoms with Crippen LogP contribution in [-0.2, 0) is 0 Å². The minimum atomic E-state index is -0.266. The number of nitrogens with zero attached hydrogens (tertiary/aromatic N) is 3. The smallest absolute Gasteiger partial charge is 0.276 e. The summed E-state index contributed by atoms with van der Waals surface area (Å²) in [5, 5.41) is 10.6. The Labute approximate surface area is 181 Å². The quantitative estimate of drug-likeness (QED) is 0.621. The molecule has 1 saturated heterocycles. The molecule has 1 unspecified atom stereocenters. The summed E-state index contributed by atoms with van der Waals surface area (Å²) in [4.78, 5) is 16.7. The highest BCUT2D eigenvalue weighted by Gasteiger charge is 2.17. The Morgan fingerprint density at radius 1 is 1.17 bits per heavy atom. The van der Waals surface area contributed by atoms with Crippen LogP contribution in [0.15, 0.2) is 54.9 Å². The van der Waals surface area contributed by atoms with Gasteiger partial charge in [-0.25, -0.2) is 4.98 Å². The maximum Gasteiger partial charge on any atom is 0.276 e. The van der Waals surface area contributed by atoms with Crippen LogP contribution in [0.25, 0.3) is 0 Å². The van der Waals surface area contributed by atoms with Gasteiger partial charge in [-0.05, 0) is 55.8 Å². The van der Waals surface area contributed by atoms with Crippen molar-refractivity contribution >= 4 is 24.0 Å². The van der Waals surface area contributed by atoms with Gasteiger partial charge < -0.3 is 20.1 Å². The van der Waals surface area contributed by atoms with E-state index < -0.39 is 0 Å². The first kappa shape index (κ1) is 21.6. The SMILES string of the molecule is COc1ccc(Oc2ccc(NC(=O)c3ccn(C4CCCNC4)n3)cn2)cc1.Cl. The second kappa shape index (κ2) is 10.1. The van der Waals surface area contributed by atoms with Gasteiger partial charge in [0.2, 0.25) is 5.88 Å². The van der Waals surface area contributed by atoms with Crippen LogP contribution in [-0.4, -0.2) is 40.9 Å². The predicted molar refractivity (Wildman–Crippen MR) is 116 cm³/mol. The molecule has 2 N–H and O–H groups in total. The molecule has 1 fully saturated rings. The van der Waals surface area contributed by atoms with Crippen molar-refractivity contribution in [1.82, 2.24) is 20.1 Å². The average molecular weight is 430 g/mol. The number of hydrogen-bond acceptors (Lipinski definition) is 6. The third kappa shape index (κ3) is 5.28. The molecular formula is C21H24ClN5O3. The van der Waals surface area contributed by atoms with Gasteiger partial charge in [-0.15, -0.1) is 12.4 Å². The van der Waals surface area contributed by atoms with Gasteiger partial charge in [0.25, 0.3) is 5.91 Å². The fourth-order valence-electron chi connectivity index (χ4n) is 3.20. The third-order valence-corrected chi connectivity index (χ3v) is 4.76. The van der Waals surface area contributed by atoms with E-state index in [9.17, 15) is 4.79 Å². The van der Waals surface area contributed by atoms with E-state index in [-0.39, 0.29) is 18.3 Å². The largest absolute Gasteiger partial charge is 0.497 e. The van der Waals surface area contributed by atoms with Crippen molar-refractivity contribution in [3.63, 3.8) is 0 Å². The second-order valence-corrected chi connectivity index (χ2v) is 6.80. The monoisotopic (exact) mass is 429 g/mol. The lowest BCUT2D eigenvalue weighted by Crippen LogP contribution is -2.32. The lowest BCUT2D eigenvalue weighted by molar-refractivity contribution is 0.102. The summed E-state index contributed by atoms with van der Waals surface area (Å²) in [7, 11) is 1.61. The number of pyridine rings is 1. The fraction of sp³-hybridized carbons (Fsp3) is 0.286. The number of carbonyl (C=O) groups excluding carboxylic acids is 1. The van der Waals surface area contributed by atoms with E-state index in [1.54, 1.807) is 43.6 Å². The van der Waals surface area contributed by atoms with Crippen LogP contribution >= 0.6 is 12.4 Å². The molecule has 0 radical (unpaired) electrons. The zero-order valence-electron chi connectivity index (χ0n) is 16.6. The van der Waals surface area contributed by atoms with Crippen LogP contribution in [0.3, 0.4) is 0 Å². The molecule has 9 heteroatoms. The number of anilines is 1. The van der Waals surface area contributed by atoms with Gasteiger partial charge in [0.05, 0.1) is 25.0 Å². The van der Waals surface area contributed by atoms with Crippen LogP contribution in [0.1, 0.15) is 29.4 Å². The van der Waals surface area contributed by atoms with Crippen LogP contribution in [0.5, 0.6) is 17.4 Å². The van der Waals surface area contributed by atoms with Crippen LogP contribution in [0.4, 0.5) is 5.69 Å². The number of rotatable bonds is 6. The molecule has 1 aliphatic rings. The molecule has 4 rings (SSSR count). The predicted octanol–water partition coefficient (Wildman–Crippen LogP) is 3.68. The van der Waals surface area contributed by atoms with Crippen molar-refractivity contribution in [3.8, 4) is 17.4 Å². The number of carbonyl (C=O) groups is 1. The Balaban J connectivity index is 0.00000256. The molecule has 0 saturated carbocycles. The van der Waals surface area contributed by atoms with Crippen molar-refractivity contribution < 1.29 is 14.3 Å². The van der Waals surface area contributed by atoms with Gasteiger partial charge in [0.1, 0.15) is 11.5 Å². The van der Waals surface area contributed by atoms with E-state index in [4.69, 9.17) is 9.47 Å². The summed E-state index contributed by atoms with van der Waals surface area (Å²) >= 11 is 0. The van der Waals surface area contributed by atoms with Crippen molar-refractivity contribution in [3.05, 3.63) is 60.6 Å². The number of amides is 1. The molecular weight excluding hydrogens is 406 g/mol. The molecule has 3 aromatic rings. The lowest BCUT2D eigenvalue weighted by atomic mass is 10.1. The standard InChI is InChI=1S/C21H23N5O3.ClH/c1-28-17-5-7-18(8-6-17)29-20-9-4-15(13-23-20)24-21(27)19-10-12-26(25-19)16-3-2-11-22-14-16;/h4-10,12-13,16,22H,2-3,11,14H2,1H3,(H,24,27);1H. The average Bonchev–Trinajstić information content (AvgIpc) is 3.27. The van der Waals surface area contributed by atoms with E-state index in [0.717, 1.165) is 31.7 Å². The van der Waals surface area contributed by atoms with Crippen molar-refractivity contribution in [2.45, 2.75) is 18.9 Å². The number of ether oxygens (including phenoxy) is 2. The van der Waals surface area contributed by atoms with Crippen molar-refractivity contribution in [2.75, 3.05) is 25.5 Å². The highest BCUT2D eigenvalue weighted by molar-refractivity contribution is 6.02.